The van der Waals surface area contributed by atoms with Crippen molar-refractivity contribution < 1.29 is 9.18 Å². The molecule has 0 saturated heterocycles. The van der Waals surface area contributed by atoms with E-state index in [1.165, 1.54) is 25.3 Å². The van der Waals surface area contributed by atoms with Crippen molar-refractivity contribution in [3.8, 4) is 0 Å². The van der Waals surface area contributed by atoms with Crippen LogP contribution in [-0.4, -0.2) is 5.91 Å². The molecule has 1 aliphatic heterocycles. The van der Waals surface area contributed by atoms with Crippen LogP contribution in [0.2, 0.25) is 0 Å². The van der Waals surface area contributed by atoms with Gasteiger partial charge in [-0.15, -0.1) is 0 Å². The molecule has 1 unspecified atom stereocenters. The van der Waals surface area contributed by atoms with Crippen molar-refractivity contribution in [2.24, 2.45) is 11.7 Å². The molecule has 0 spiro atoms. The fourth-order valence-electron chi connectivity index (χ4n) is 3.43. The molecule has 1 heterocycles. The normalized spacial score (nSPS) is 21.2. The molecule has 3 nitrogen and oxygen atoms in total. The Hall–Kier alpha value is -1.42. The van der Waals surface area contributed by atoms with Gasteiger partial charge in [0.05, 0.1) is 5.69 Å². The number of rotatable bonds is 2. The molecule has 1 atom stereocenters. The van der Waals surface area contributed by atoms with Gasteiger partial charge in [0.1, 0.15) is 5.82 Å². The van der Waals surface area contributed by atoms with Crippen LogP contribution in [0.4, 0.5) is 10.1 Å². The first-order valence-corrected chi connectivity index (χ1v) is 7.53. The van der Waals surface area contributed by atoms with Crippen molar-refractivity contribution >= 4 is 11.6 Å². The molecule has 1 aromatic carbocycles. The number of fused-ring (bicyclic) bond motifs is 1. The van der Waals surface area contributed by atoms with Crippen molar-refractivity contribution in [1.29, 1.82) is 0 Å². The van der Waals surface area contributed by atoms with Gasteiger partial charge in [-0.25, -0.2) is 4.39 Å². The molecular formula is C16H21FN2O. The highest BCUT2D eigenvalue weighted by Gasteiger charge is 2.25. The molecule has 0 aromatic heterocycles. The molecule has 1 saturated carbocycles. The Morgan fingerprint density at radius 3 is 2.70 bits per heavy atom. The van der Waals surface area contributed by atoms with E-state index in [0.717, 1.165) is 24.0 Å². The zero-order valence-corrected chi connectivity index (χ0v) is 11.6. The molecule has 1 aromatic rings. The maximum atomic E-state index is 14.2. The Morgan fingerprint density at radius 1 is 1.20 bits per heavy atom. The summed E-state index contributed by atoms with van der Waals surface area (Å²) in [5.74, 6) is -0.00285. The number of nitrogens with two attached hydrogens (primary N) is 1. The molecular weight excluding hydrogens is 255 g/mol. The lowest BCUT2D eigenvalue weighted by Crippen LogP contribution is -2.25. The summed E-state index contributed by atoms with van der Waals surface area (Å²) in [6, 6.07) is 3.40. The first-order valence-electron chi connectivity index (χ1n) is 7.53. The predicted molar refractivity (Wildman–Crippen MR) is 76.9 cm³/mol. The van der Waals surface area contributed by atoms with E-state index < -0.39 is 0 Å². The number of carbonyl (C=O) groups is 1. The zero-order chi connectivity index (χ0) is 14.1. The minimum atomic E-state index is -0.350. The topological polar surface area (TPSA) is 55.1 Å². The van der Waals surface area contributed by atoms with E-state index in [1.54, 1.807) is 0 Å². The Bertz CT molecular complexity index is 523. The van der Waals surface area contributed by atoms with Gasteiger partial charge < -0.3 is 11.1 Å². The van der Waals surface area contributed by atoms with Gasteiger partial charge in [0.15, 0.2) is 0 Å². The van der Waals surface area contributed by atoms with Gasteiger partial charge in [-0.2, -0.15) is 0 Å². The summed E-state index contributed by atoms with van der Waals surface area (Å²) in [5.41, 5.74) is 8.45. The van der Waals surface area contributed by atoms with E-state index in [-0.39, 0.29) is 17.8 Å². The lowest BCUT2D eigenvalue weighted by atomic mass is 9.81. The van der Waals surface area contributed by atoms with Crippen molar-refractivity contribution in [1.82, 2.24) is 0 Å². The number of hydrogen-bond donors (Lipinski definition) is 2. The minimum Gasteiger partial charge on any atom is -0.324 e. The highest BCUT2D eigenvalue weighted by atomic mass is 19.1. The molecule has 3 N–H and O–H groups in total. The summed E-state index contributed by atoms with van der Waals surface area (Å²) >= 11 is 0. The predicted octanol–water partition coefficient (Wildman–Crippen LogP) is 3.29. The van der Waals surface area contributed by atoms with Gasteiger partial charge in [-0.05, 0) is 42.4 Å². The SMILES string of the molecule is NC(c1cc(F)c2c(c1)CCC(=O)N2)C1CCCCC1. The third kappa shape index (κ3) is 2.57. The fourth-order valence-corrected chi connectivity index (χ4v) is 3.43. The molecule has 0 radical (unpaired) electrons. The van der Waals surface area contributed by atoms with E-state index in [2.05, 4.69) is 5.32 Å². The lowest BCUT2D eigenvalue weighted by Gasteiger charge is -2.29. The largest absolute Gasteiger partial charge is 0.324 e. The maximum absolute atomic E-state index is 14.2. The van der Waals surface area contributed by atoms with Gasteiger partial charge in [0.2, 0.25) is 5.91 Å². The number of anilines is 1. The van der Waals surface area contributed by atoms with Crippen LogP contribution in [0.5, 0.6) is 0 Å². The maximum Gasteiger partial charge on any atom is 0.224 e. The number of benzene rings is 1. The molecule has 20 heavy (non-hydrogen) atoms. The summed E-state index contributed by atoms with van der Waals surface area (Å²) in [5, 5.41) is 2.62. The van der Waals surface area contributed by atoms with Crippen LogP contribution in [0.3, 0.4) is 0 Å². The zero-order valence-electron chi connectivity index (χ0n) is 11.6. The molecule has 1 aliphatic carbocycles. The highest BCUT2D eigenvalue weighted by Crippen LogP contribution is 2.35. The first-order chi connectivity index (χ1) is 9.65. The quantitative estimate of drug-likeness (QED) is 0.871. The number of hydrogen-bond acceptors (Lipinski definition) is 2. The van der Waals surface area contributed by atoms with Gasteiger partial charge in [0, 0.05) is 12.5 Å². The van der Waals surface area contributed by atoms with Gasteiger partial charge >= 0.3 is 0 Å². The molecule has 3 rings (SSSR count). The second kappa shape index (κ2) is 5.52. The van der Waals surface area contributed by atoms with Gasteiger partial charge in [-0.1, -0.05) is 25.3 Å². The lowest BCUT2D eigenvalue weighted by molar-refractivity contribution is -0.116. The van der Waals surface area contributed by atoms with Crippen LogP contribution < -0.4 is 11.1 Å². The Kier molecular flexibility index (Phi) is 3.74. The first kappa shape index (κ1) is 13.6. The molecule has 1 amide bonds. The average molecular weight is 276 g/mol. The van der Waals surface area contributed by atoms with Gasteiger partial charge in [0.25, 0.3) is 0 Å². The highest BCUT2D eigenvalue weighted by molar-refractivity contribution is 5.94. The van der Waals surface area contributed by atoms with Crippen LogP contribution in [0.15, 0.2) is 12.1 Å². The minimum absolute atomic E-state index is 0.0901. The number of aryl methyl sites for hydroxylation is 1. The third-order valence-corrected chi connectivity index (χ3v) is 4.62. The number of amides is 1. The fraction of sp³-hybridized carbons (Fsp3) is 0.562. The number of nitrogens with one attached hydrogen (secondary N) is 1. The standard InChI is InChI=1S/C16H21FN2O/c17-13-9-12(15(18)10-4-2-1-3-5-10)8-11-6-7-14(20)19-16(11)13/h8-10,15H,1-7,18H2,(H,19,20). The van der Waals surface area contributed by atoms with Crippen LogP contribution in [0, 0.1) is 11.7 Å². The average Bonchev–Trinajstić information content (AvgIpc) is 2.48. The molecule has 0 bridgehead atoms. The van der Waals surface area contributed by atoms with E-state index in [0.29, 0.717) is 24.4 Å². The van der Waals surface area contributed by atoms with Crippen LogP contribution in [-0.2, 0) is 11.2 Å². The summed E-state index contributed by atoms with van der Waals surface area (Å²) in [6.45, 7) is 0. The second-order valence-electron chi connectivity index (χ2n) is 6.01. The van der Waals surface area contributed by atoms with Crippen molar-refractivity contribution in [2.45, 2.75) is 51.0 Å². The van der Waals surface area contributed by atoms with Crippen LogP contribution in [0.1, 0.15) is 55.7 Å². The summed E-state index contributed by atoms with van der Waals surface area (Å²) in [4.78, 5) is 11.3. The van der Waals surface area contributed by atoms with Crippen molar-refractivity contribution in [2.75, 3.05) is 5.32 Å². The summed E-state index contributed by atoms with van der Waals surface area (Å²) in [7, 11) is 0. The van der Waals surface area contributed by atoms with E-state index >= 15 is 0 Å². The van der Waals surface area contributed by atoms with Crippen LogP contribution in [0.25, 0.3) is 0 Å². The smallest absolute Gasteiger partial charge is 0.224 e. The van der Waals surface area contributed by atoms with Crippen molar-refractivity contribution in [3.63, 3.8) is 0 Å². The summed E-state index contributed by atoms with van der Waals surface area (Å²) < 4.78 is 14.2. The monoisotopic (exact) mass is 276 g/mol. The molecule has 2 aliphatic rings. The number of halogens is 1. The van der Waals surface area contributed by atoms with Crippen LogP contribution >= 0.6 is 0 Å². The van der Waals surface area contributed by atoms with E-state index in [1.807, 2.05) is 6.07 Å². The van der Waals surface area contributed by atoms with E-state index in [4.69, 9.17) is 5.73 Å². The molecule has 108 valence electrons. The molecule has 4 heteroatoms. The second-order valence-corrected chi connectivity index (χ2v) is 6.01. The Labute approximate surface area is 118 Å². The summed E-state index contributed by atoms with van der Waals surface area (Å²) in [6.07, 6.45) is 7.03. The third-order valence-electron chi connectivity index (χ3n) is 4.62. The number of carbonyl (C=O) groups excluding carboxylic acids is 1. The van der Waals surface area contributed by atoms with E-state index in [9.17, 15) is 9.18 Å². The van der Waals surface area contributed by atoms with Gasteiger partial charge in [-0.3, -0.25) is 4.79 Å². The molecule has 1 fully saturated rings. The van der Waals surface area contributed by atoms with Crippen molar-refractivity contribution in [3.05, 3.63) is 29.1 Å². The Balaban J connectivity index is 1.87. The Morgan fingerprint density at radius 2 is 1.95 bits per heavy atom.